The Morgan fingerprint density at radius 2 is 2.21 bits per heavy atom. The van der Waals surface area contributed by atoms with Gasteiger partial charge in [-0.3, -0.25) is 9.79 Å². The third-order valence-electron chi connectivity index (χ3n) is 4.61. The van der Waals surface area contributed by atoms with Crippen LogP contribution in [0.1, 0.15) is 37.3 Å². The molecule has 24 heavy (non-hydrogen) atoms. The molecule has 0 bridgehead atoms. The molecule has 0 aliphatic carbocycles. The van der Waals surface area contributed by atoms with Crippen LogP contribution in [0.4, 0.5) is 0 Å². The van der Waals surface area contributed by atoms with E-state index in [1.165, 1.54) is 0 Å². The quantitative estimate of drug-likeness (QED) is 0.398. The van der Waals surface area contributed by atoms with Crippen molar-refractivity contribution >= 4 is 35.8 Å². The normalized spacial score (nSPS) is 20.5. The third-order valence-corrected chi connectivity index (χ3v) is 4.61. The Hall–Kier alpha value is -1.39. The van der Waals surface area contributed by atoms with Gasteiger partial charge >= 0.3 is 0 Å². The molecule has 1 aromatic heterocycles. The Balaban J connectivity index is 0.00000208. The molecule has 2 aliphatic rings. The van der Waals surface area contributed by atoms with Gasteiger partial charge in [0.25, 0.3) is 0 Å². The zero-order valence-corrected chi connectivity index (χ0v) is 16.4. The molecule has 0 aromatic carbocycles. The number of rotatable bonds is 4. The number of carbonyl (C=O) groups is 1. The van der Waals surface area contributed by atoms with E-state index in [0.717, 1.165) is 62.9 Å². The number of aliphatic imine (C=N–C) groups is 1. The molecule has 0 radical (unpaired) electrons. The lowest BCUT2D eigenvalue weighted by Crippen LogP contribution is -2.47. The van der Waals surface area contributed by atoms with Gasteiger partial charge in [0.15, 0.2) is 11.8 Å². The van der Waals surface area contributed by atoms with Gasteiger partial charge in [0.05, 0.1) is 6.54 Å². The van der Waals surface area contributed by atoms with Gasteiger partial charge in [-0.05, 0) is 25.2 Å². The van der Waals surface area contributed by atoms with Crippen molar-refractivity contribution in [3.63, 3.8) is 0 Å². The molecule has 3 N–H and O–H groups in total. The predicted octanol–water partition coefficient (Wildman–Crippen LogP) is 0.505. The van der Waals surface area contributed by atoms with Gasteiger partial charge in [0.1, 0.15) is 5.82 Å². The summed E-state index contributed by atoms with van der Waals surface area (Å²) >= 11 is 0. The first kappa shape index (κ1) is 18.9. The fourth-order valence-corrected chi connectivity index (χ4v) is 3.54. The number of likely N-dealkylation sites (tertiary alicyclic amines) is 1. The Morgan fingerprint density at radius 1 is 1.38 bits per heavy atom. The second kappa shape index (κ2) is 8.63. The van der Waals surface area contributed by atoms with Crippen LogP contribution in [0.3, 0.4) is 0 Å². The number of aromatic nitrogens is 3. The van der Waals surface area contributed by atoms with Crippen LogP contribution >= 0.6 is 24.0 Å². The van der Waals surface area contributed by atoms with Crippen molar-refractivity contribution in [2.24, 2.45) is 16.6 Å². The number of guanidine groups is 1. The van der Waals surface area contributed by atoms with Crippen LogP contribution in [0.25, 0.3) is 0 Å². The van der Waals surface area contributed by atoms with Gasteiger partial charge in [-0.15, -0.1) is 34.2 Å². The van der Waals surface area contributed by atoms with Gasteiger partial charge in [0, 0.05) is 39.5 Å². The lowest BCUT2D eigenvalue weighted by atomic mass is 9.95. The monoisotopic (exact) mass is 447 g/mol. The minimum atomic E-state index is -0.223. The van der Waals surface area contributed by atoms with Gasteiger partial charge in [-0.1, -0.05) is 0 Å². The molecular weight excluding hydrogens is 421 g/mol. The van der Waals surface area contributed by atoms with Crippen molar-refractivity contribution in [2.45, 2.75) is 45.2 Å². The molecule has 1 atom stereocenters. The van der Waals surface area contributed by atoms with E-state index >= 15 is 0 Å². The van der Waals surface area contributed by atoms with E-state index in [4.69, 9.17) is 5.73 Å². The lowest BCUT2D eigenvalue weighted by molar-refractivity contribution is -0.119. The minimum absolute atomic E-state index is 0. The Labute approximate surface area is 159 Å². The SMILES string of the molecule is CN=C(NCc1nnc2n1CCC2)N1CCCC(CC(N)=O)C1.I. The summed E-state index contributed by atoms with van der Waals surface area (Å²) in [6.45, 7) is 3.40. The first-order valence-electron chi connectivity index (χ1n) is 8.32. The smallest absolute Gasteiger partial charge is 0.217 e. The van der Waals surface area contributed by atoms with Gasteiger partial charge in [0.2, 0.25) is 5.91 Å². The number of aryl methyl sites for hydroxylation is 1. The van der Waals surface area contributed by atoms with E-state index in [2.05, 4.69) is 30.0 Å². The highest BCUT2D eigenvalue weighted by atomic mass is 127. The molecule has 8 nitrogen and oxygen atoms in total. The Morgan fingerprint density at radius 3 is 2.96 bits per heavy atom. The number of fused-ring (bicyclic) bond motifs is 1. The Bertz CT molecular complexity index is 601. The number of halogens is 1. The highest BCUT2D eigenvalue weighted by Gasteiger charge is 2.24. The first-order chi connectivity index (χ1) is 11.2. The van der Waals surface area contributed by atoms with Crippen LogP contribution in [0.5, 0.6) is 0 Å². The highest BCUT2D eigenvalue weighted by molar-refractivity contribution is 14.0. The van der Waals surface area contributed by atoms with E-state index in [1.54, 1.807) is 7.05 Å². The van der Waals surface area contributed by atoms with Crippen molar-refractivity contribution in [2.75, 3.05) is 20.1 Å². The molecule has 3 heterocycles. The third kappa shape index (κ3) is 4.37. The van der Waals surface area contributed by atoms with Gasteiger partial charge < -0.3 is 20.5 Å². The molecular formula is C15H26IN7O. The molecule has 9 heteroatoms. The van der Waals surface area contributed by atoms with Crippen molar-refractivity contribution in [1.29, 1.82) is 0 Å². The van der Waals surface area contributed by atoms with Crippen molar-refractivity contribution in [1.82, 2.24) is 25.0 Å². The van der Waals surface area contributed by atoms with E-state index in [9.17, 15) is 4.79 Å². The number of nitrogens with zero attached hydrogens (tertiary/aromatic N) is 5. The number of carbonyl (C=O) groups excluding carboxylic acids is 1. The average Bonchev–Trinajstić information content (AvgIpc) is 3.12. The predicted molar refractivity (Wildman–Crippen MR) is 102 cm³/mol. The van der Waals surface area contributed by atoms with Crippen LogP contribution in [0, 0.1) is 5.92 Å². The molecule has 1 unspecified atom stereocenters. The topological polar surface area (TPSA) is 101 Å². The van der Waals surface area contributed by atoms with E-state index in [1.807, 2.05) is 0 Å². The van der Waals surface area contributed by atoms with Gasteiger partial charge in [-0.2, -0.15) is 0 Å². The summed E-state index contributed by atoms with van der Waals surface area (Å²) in [6.07, 6.45) is 4.72. The standard InChI is InChI=1S/C15H25N7O.HI/c1-17-15(21-6-2-4-11(10-21)8-12(16)23)18-9-14-20-19-13-5-3-7-22(13)14;/h11H,2-10H2,1H3,(H2,16,23)(H,17,18);1H. The number of amides is 1. The summed E-state index contributed by atoms with van der Waals surface area (Å²) < 4.78 is 2.19. The highest BCUT2D eigenvalue weighted by Crippen LogP contribution is 2.19. The summed E-state index contributed by atoms with van der Waals surface area (Å²) in [7, 11) is 1.79. The second-order valence-corrected chi connectivity index (χ2v) is 6.31. The molecule has 1 fully saturated rings. The first-order valence-corrected chi connectivity index (χ1v) is 8.32. The fraction of sp³-hybridized carbons (Fsp3) is 0.733. The van der Waals surface area contributed by atoms with Crippen LogP contribution in [0.15, 0.2) is 4.99 Å². The number of hydrogen-bond acceptors (Lipinski definition) is 4. The van der Waals surface area contributed by atoms with Crippen molar-refractivity contribution < 1.29 is 4.79 Å². The molecule has 2 aliphatic heterocycles. The van der Waals surface area contributed by atoms with E-state index in [0.29, 0.717) is 18.9 Å². The molecule has 1 aromatic rings. The molecule has 1 saturated heterocycles. The number of nitrogens with two attached hydrogens (primary N) is 1. The van der Waals surface area contributed by atoms with Crippen LogP contribution in [-0.2, 0) is 24.3 Å². The number of piperidine rings is 1. The number of nitrogens with one attached hydrogen (secondary N) is 1. The fourth-order valence-electron chi connectivity index (χ4n) is 3.54. The van der Waals surface area contributed by atoms with Crippen molar-refractivity contribution in [3.8, 4) is 0 Å². The van der Waals surface area contributed by atoms with Crippen LogP contribution < -0.4 is 11.1 Å². The zero-order valence-electron chi connectivity index (χ0n) is 14.1. The molecule has 3 rings (SSSR count). The largest absolute Gasteiger partial charge is 0.370 e. The second-order valence-electron chi connectivity index (χ2n) is 6.31. The average molecular weight is 447 g/mol. The Kier molecular flexibility index (Phi) is 6.81. The maximum Gasteiger partial charge on any atom is 0.217 e. The molecule has 134 valence electrons. The number of hydrogen-bond donors (Lipinski definition) is 2. The summed E-state index contributed by atoms with van der Waals surface area (Å²) in [6, 6.07) is 0. The molecule has 0 spiro atoms. The molecule has 0 saturated carbocycles. The summed E-state index contributed by atoms with van der Waals surface area (Å²) in [5.41, 5.74) is 5.33. The maximum atomic E-state index is 11.1. The summed E-state index contributed by atoms with van der Waals surface area (Å²) in [5.74, 6) is 2.99. The van der Waals surface area contributed by atoms with Crippen LogP contribution in [-0.4, -0.2) is 51.7 Å². The lowest BCUT2D eigenvalue weighted by Gasteiger charge is -2.34. The van der Waals surface area contributed by atoms with Gasteiger partial charge in [-0.25, -0.2) is 0 Å². The summed E-state index contributed by atoms with van der Waals surface area (Å²) in [5, 5.41) is 11.9. The number of primary amides is 1. The molecule has 1 amide bonds. The van der Waals surface area contributed by atoms with Crippen molar-refractivity contribution in [3.05, 3.63) is 11.6 Å². The minimum Gasteiger partial charge on any atom is -0.370 e. The van der Waals surface area contributed by atoms with E-state index < -0.39 is 0 Å². The zero-order chi connectivity index (χ0) is 16.2. The summed E-state index contributed by atoms with van der Waals surface area (Å²) in [4.78, 5) is 17.7. The van der Waals surface area contributed by atoms with E-state index in [-0.39, 0.29) is 29.9 Å². The van der Waals surface area contributed by atoms with Crippen LogP contribution in [0.2, 0.25) is 0 Å². The maximum absolute atomic E-state index is 11.1.